The normalized spacial score (nSPS) is 12.3. The van der Waals surface area contributed by atoms with Gasteiger partial charge in [0.05, 0.1) is 7.11 Å². The van der Waals surface area contributed by atoms with Crippen molar-refractivity contribution in [2.45, 2.75) is 30.2 Å². The van der Waals surface area contributed by atoms with Gasteiger partial charge < -0.3 is 9.15 Å². The van der Waals surface area contributed by atoms with Crippen molar-refractivity contribution in [3.05, 3.63) is 28.3 Å². The molecule has 2 rings (SSSR count). The van der Waals surface area contributed by atoms with Gasteiger partial charge in [0.2, 0.25) is 5.89 Å². The second-order valence-corrected chi connectivity index (χ2v) is 5.63. The number of hydrogen-bond acceptors (Lipinski definition) is 7. The Morgan fingerprint density at radius 2 is 2.42 bits per heavy atom. The van der Waals surface area contributed by atoms with Crippen LogP contribution in [-0.4, -0.2) is 23.3 Å². The zero-order chi connectivity index (χ0) is 13.7. The molecule has 2 aromatic heterocycles. The van der Waals surface area contributed by atoms with E-state index in [9.17, 15) is 4.79 Å². The van der Waals surface area contributed by atoms with E-state index in [1.165, 1.54) is 30.2 Å². The monoisotopic (exact) mass is 298 g/mol. The van der Waals surface area contributed by atoms with Crippen molar-refractivity contribution in [1.82, 2.24) is 10.2 Å². The fourth-order valence-corrected chi connectivity index (χ4v) is 3.17. The average molecular weight is 298 g/mol. The van der Waals surface area contributed by atoms with Crippen LogP contribution in [0.4, 0.5) is 0 Å². The van der Waals surface area contributed by atoms with Gasteiger partial charge in [0.15, 0.2) is 0 Å². The number of carbonyl (C=O) groups excluding carboxylic acids is 1. The zero-order valence-electron chi connectivity index (χ0n) is 10.7. The lowest BCUT2D eigenvalue weighted by Gasteiger charge is -2.09. The lowest BCUT2D eigenvalue weighted by Crippen LogP contribution is -2.10. The highest BCUT2D eigenvalue weighted by Gasteiger charge is 2.25. The number of nitrogens with zero attached hydrogens (tertiary/aromatic N) is 2. The van der Waals surface area contributed by atoms with Crippen LogP contribution >= 0.6 is 23.1 Å². The Labute approximate surface area is 119 Å². The van der Waals surface area contributed by atoms with Gasteiger partial charge in [-0.05, 0) is 40.6 Å². The SMILES string of the molecule is CCCc1nnc(S[C@@H](C(=O)OC)c2ccsc2)o1. The standard InChI is InChI=1S/C12H14N2O3S2/c1-3-4-9-13-14-12(17-9)19-10(11(15)16-2)8-5-6-18-7-8/h5-7,10H,3-4H2,1-2H3/t10-/m1/s1. The lowest BCUT2D eigenvalue weighted by atomic mass is 10.2. The Hall–Kier alpha value is -1.34. The molecule has 7 heteroatoms. The number of carbonyl (C=O) groups is 1. The molecule has 0 aliphatic carbocycles. The molecule has 0 aliphatic rings. The smallest absolute Gasteiger partial charge is 0.323 e. The van der Waals surface area contributed by atoms with E-state index < -0.39 is 5.25 Å². The molecular formula is C12H14N2O3S2. The Bertz CT molecular complexity index is 525. The summed E-state index contributed by atoms with van der Waals surface area (Å²) in [7, 11) is 1.37. The van der Waals surface area contributed by atoms with Crippen LogP contribution in [0.25, 0.3) is 0 Å². The van der Waals surface area contributed by atoms with Gasteiger partial charge in [-0.2, -0.15) is 11.3 Å². The van der Waals surface area contributed by atoms with E-state index in [4.69, 9.17) is 9.15 Å². The third-order valence-electron chi connectivity index (χ3n) is 2.39. The first-order valence-electron chi connectivity index (χ1n) is 5.83. The van der Waals surface area contributed by atoms with Gasteiger partial charge >= 0.3 is 5.97 Å². The van der Waals surface area contributed by atoms with Crippen LogP contribution in [-0.2, 0) is 16.0 Å². The van der Waals surface area contributed by atoms with Gasteiger partial charge in [-0.25, -0.2) is 0 Å². The molecule has 0 bridgehead atoms. The molecule has 0 spiro atoms. The maximum absolute atomic E-state index is 11.8. The van der Waals surface area contributed by atoms with Crippen molar-refractivity contribution in [2.24, 2.45) is 0 Å². The van der Waals surface area contributed by atoms with E-state index in [0.29, 0.717) is 11.1 Å². The minimum atomic E-state index is -0.467. The van der Waals surface area contributed by atoms with E-state index in [2.05, 4.69) is 10.2 Å². The van der Waals surface area contributed by atoms with Crippen molar-refractivity contribution < 1.29 is 13.9 Å². The summed E-state index contributed by atoms with van der Waals surface area (Å²) in [5.41, 5.74) is 0.886. The molecule has 0 saturated carbocycles. The van der Waals surface area contributed by atoms with Crippen LogP contribution in [0.2, 0.25) is 0 Å². The average Bonchev–Trinajstić information content (AvgIpc) is 3.06. The number of thioether (sulfide) groups is 1. The predicted octanol–water partition coefficient (Wildman–Crippen LogP) is 3.09. The molecule has 5 nitrogen and oxygen atoms in total. The molecule has 2 aromatic rings. The third-order valence-corrected chi connectivity index (χ3v) is 4.16. The van der Waals surface area contributed by atoms with E-state index in [0.717, 1.165) is 18.4 Å². The topological polar surface area (TPSA) is 65.2 Å². The summed E-state index contributed by atoms with van der Waals surface area (Å²) in [6, 6.07) is 1.89. The minimum Gasteiger partial charge on any atom is -0.468 e. The van der Waals surface area contributed by atoms with Crippen molar-refractivity contribution in [3.8, 4) is 0 Å². The summed E-state index contributed by atoms with van der Waals surface area (Å²) in [4.78, 5) is 11.8. The van der Waals surface area contributed by atoms with Gasteiger partial charge in [0, 0.05) is 6.42 Å². The summed E-state index contributed by atoms with van der Waals surface area (Å²) in [5.74, 6) is 0.276. The molecule has 0 saturated heterocycles. The number of methoxy groups -OCH3 is 1. The molecule has 0 fully saturated rings. The van der Waals surface area contributed by atoms with Gasteiger partial charge in [-0.3, -0.25) is 4.79 Å². The number of hydrogen-bond donors (Lipinski definition) is 0. The zero-order valence-corrected chi connectivity index (χ0v) is 12.3. The van der Waals surface area contributed by atoms with E-state index in [-0.39, 0.29) is 5.97 Å². The molecular weight excluding hydrogens is 284 g/mol. The van der Waals surface area contributed by atoms with Gasteiger partial charge in [0.25, 0.3) is 5.22 Å². The first-order chi connectivity index (χ1) is 9.24. The first kappa shape index (κ1) is 14.1. The second kappa shape index (κ2) is 6.72. The highest BCUT2D eigenvalue weighted by molar-refractivity contribution is 8.00. The number of aromatic nitrogens is 2. The Kier molecular flexibility index (Phi) is 4.98. The molecule has 0 radical (unpaired) electrons. The number of esters is 1. The summed E-state index contributed by atoms with van der Waals surface area (Å²) in [5, 5.41) is 11.6. The predicted molar refractivity (Wildman–Crippen MR) is 73.2 cm³/mol. The molecule has 0 aromatic carbocycles. The Morgan fingerprint density at radius 1 is 1.58 bits per heavy atom. The van der Waals surface area contributed by atoms with Crippen molar-refractivity contribution >= 4 is 29.1 Å². The van der Waals surface area contributed by atoms with Crippen molar-refractivity contribution in [1.29, 1.82) is 0 Å². The number of rotatable bonds is 6. The van der Waals surface area contributed by atoms with Crippen LogP contribution < -0.4 is 0 Å². The van der Waals surface area contributed by atoms with Gasteiger partial charge in [-0.1, -0.05) is 6.92 Å². The van der Waals surface area contributed by atoms with Crippen LogP contribution in [0.3, 0.4) is 0 Å². The molecule has 0 unspecified atom stereocenters. The maximum Gasteiger partial charge on any atom is 0.323 e. The van der Waals surface area contributed by atoms with Crippen LogP contribution in [0.15, 0.2) is 26.5 Å². The van der Waals surface area contributed by atoms with Gasteiger partial charge in [0.1, 0.15) is 5.25 Å². The largest absolute Gasteiger partial charge is 0.468 e. The summed E-state index contributed by atoms with van der Waals surface area (Å²) in [6.07, 6.45) is 1.69. The Morgan fingerprint density at radius 3 is 3.05 bits per heavy atom. The summed E-state index contributed by atoms with van der Waals surface area (Å²) < 4.78 is 10.3. The molecule has 0 aliphatic heterocycles. The molecule has 2 heterocycles. The molecule has 0 amide bonds. The Balaban J connectivity index is 2.13. The third kappa shape index (κ3) is 3.57. The van der Waals surface area contributed by atoms with E-state index >= 15 is 0 Å². The molecule has 0 N–H and O–H groups in total. The fourth-order valence-electron chi connectivity index (χ4n) is 1.48. The van der Waals surface area contributed by atoms with Gasteiger partial charge in [-0.15, -0.1) is 10.2 Å². The first-order valence-corrected chi connectivity index (χ1v) is 7.65. The number of ether oxygens (including phenoxy) is 1. The van der Waals surface area contributed by atoms with Crippen LogP contribution in [0.5, 0.6) is 0 Å². The molecule has 102 valence electrons. The highest BCUT2D eigenvalue weighted by atomic mass is 32.2. The number of aryl methyl sites for hydroxylation is 1. The highest BCUT2D eigenvalue weighted by Crippen LogP contribution is 2.36. The van der Waals surface area contributed by atoms with E-state index in [1.807, 2.05) is 23.8 Å². The van der Waals surface area contributed by atoms with Crippen LogP contribution in [0.1, 0.15) is 30.0 Å². The molecule has 19 heavy (non-hydrogen) atoms. The summed E-state index contributed by atoms with van der Waals surface area (Å²) in [6.45, 7) is 2.04. The minimum absolute atomic E-state index is 0.321. The lowest BCUT2D eigenvalue weighted by molar-refractivity contribution is -0.140. The maximum atomic E-state index is 11.8. The fraction of sp³-hybridized carbons (Fsp3) is 0.417. The summed E-state index contributed by atoms with van der Waals surface area (Å²) >= 11 is 2.75. The second-order valence-electron chi connectivity index (χ2n) is 3.79. The number of thiophene rings is 1. The van der Waals surface area contributed by atoms with Crippen LogP contribution in [0, 0.1) is 0 Å². The quantitative estimate of drug-likeness (QED) is 0.603. The van der Waals surface area contributed by atoms with Crippen molar-refractivity contribution in [2.75, 3.05) is 7.11 Å². The van der Waals surface area contributed by atoms with Crippen molar-refractivity contribution in [3.63, 3.8) is 0 Å². The molecule has 1 atom stereocenters. The van der Waals surface area contributed by atoms with E-state index in [1.54, 1.807) is 0 Å².